The van der Waals surface area contributed by atoms with Crippen molar-refractivity contribution < 1.29 is 4.79 Å². The number of nitrogens with zero attached hydrogens (tertiary/aromatic N) is 10. The highest BCUT2D eigenvalue weighted by atomic mass is 16.1. The molecule has 0 bridgehead atoms. The van der Waals surface area contributed by atoms with Crippen molar-refractivity contribution >= 4 is 11.5 Å². The first kappa shape index (κ1) is 28.6. The Labute approximate surface area is 262 Å². The number of carbonyl (C=O) groups is 1. The van der Waals surface area contributed by atoms with Gasteiger partial charge in [-0.15, -0.1) is 0 Å². The second-order valence-corrected chi connectivity index (χ2v) is 9.68. The van der Waals surface area contributed by atoms with Crippen LogP contribution in [0.4, 0.5) is 5.69 Å². The molecule has 46 heavy (non-hydrogen) atoms. The highest BCUT2D eigenvalue weighted by Gasteiger charge is 2.23. The SMILES string of the molecule is [C-]#[N+]c1cccc(-c2nc(C(=O)c3nc(-c4cccc(C#N)c4)nc(-c4cccc(C#N)c4)n3)nc(-c3cccc(C#N)c3)n2)c1. The van der Waals surface area contributed by atoms with Crippen molar-refractivity contribution in [3.8, 4) is 63.8 Å². The molecule has 0 amide bonds. The largest absolute Gasteiger partial charge is 0.281 e. The smallest absolute Gasteiger partial charge is 0.267 e. The highest BCUT2D eigenvalue weighted by molar-refractivity contribution is 6.04. The molecule has 0 atom stereocenters. The minimum Gasteiger partial charge on any atom is -0.281 e. The standard InChI is InChI=1S/C35H16N10O/c1-39-28-13-5-12-27(17-28)33-41-32(26-11-4-8-23(16-26)20-38)44-35(45-33)29(46)34-42-30(24-9-2-6-21(14-24)18-36)40-31(43-34)25-10-3-7-22(15-25)19-37/h2-17H. The second-order valence-electron chi connectivity index (χ2n) is 9.68. The summed E-state index contributed by atoms with van der Waals surface area (Å²) in [6.07, 6.45) is 0. The summed E-state index contributed by atoms with van der Waals surface area (Å²) in [6, 6.07) is 32.6. The first-order valence-corrected chi connectivity index (χ1v) is 13.5. The van der Waals surface area contributed by atoms with Crippen molar-refractivity contribution in [2.75, 3.05) is 0 Å². The highest BCUT2D eigenvalue weighted by Crippen LogP contribution is 2.26. The molecule has 0 N–H and O–H groups in total. The summed E-state index contributed by atoms with van der Waals surface area (Å²) < 4.78 is 0. The third kappa shape index (κ3) is 5.88. The average Bonchev–Trinajstić information content (AvgIpc) is 3.14. The van der Waals surface area contributed by atoms with Crippen LogP contribution >= 0.6 is 0 Å². The van der Waals surface area contributed by atoms with Crippen LogP contribution < -0.4 is 0 Å². The van der Waals surface area contributed by atoms with Gasteiger partial charge in [0.15, 0.2) is 29.0 Å². The molecule has 2 aromatic heterocycles. The number of hydrogen-bond acceptors (Lipinski definition) is 10. The van der Waals surface area contributed by atoms with Crippen LogP contribution in [-0.4, -0.2) is 35.7 Å². The summed E-state index contributed by atoms with van der Waals surface area (Å²) in [5, 5.41) is 28.4. The van der Waals surface area contributed by atoms with Crippen LogP contribution in [0.15, 0.2) is 97.1 Å². The Kier molecular flexibility index (Phi) is 7.73. The fraction of sp³-hybridized carbons (Fsp3) is 0. The van der Waals surface area contributed by atoms with Gasteiger partial charge in [0.25, 0.3) is 5.78 Å². The maximum atomic E-state index is 14.2. The van der Waals surface area contributed by atoms with Crippen molar-refractivity contribution in [1.29, 1.82) is 15.8 Å². The number of nitriles is 3. The van der Waals surface area contributed by atoms with Gasteiger partial charge in [0.2, 0.25) is 11.6 Å². The zero-order chi connectivity index (χ0) is 32.0. The van der Waals surface area contributed by atoms with Gasteiger partial charge >= 0.3 is 0 Å². The van der Waals surface area contributed by atoms with Crippen molar-refractivity contribution in [2.45, 2.75) is 0 Å². The third-order valence-corrected chi connectivity index (χ3v) is 6.66. The first-order chi connectivity index (χ1) is 22.5. The van der Waals surface area contributed by atoms with E-state index < -0.39 is 5.78 Å². The van der Waals surface area contributed by atoms with Gasteiger partial charge in [-0.1, -0.05) is 54.6 Å². The van der Waals surface area contributed by atoms with E-state index in [2.05, 4.69) is 53.0 Å². The third-order valence-electron chi connectivity index (χ3n) is 6.66. The minimum atomic E-state index is -0.750. The molecule has 6 rings (SSSR count). The van der Waals surface area contributed by atoms with Gasteiger partial charge in [-0.3, -0.25) is 4.79 Å². The Bertz CT molecular complexity index is 2040. The Morgan fingerprint density at radius 3 is 1.22 bits per heavy atom. The molecule has 11 nitrogen and oxygen atoms in total. The monoisotopic (exact) mass is 592 g/mol. The Balaban J connectivity index is 1.56. The number of ketones is 1. The molecule has 0 fully saturated rings. The van der Waals surface area contributed by atoms with Crippen LogP contribution in [-0.2, 0) is 0 Å². The molecule has 0 aliphatic heterocycles. The molecule has 0 radical (unpaired) electrons. The average molecular weight is 593 g/mol. The predicted octanol–water partition coefficient (Wildman–Crippen LogP) is 6.12. The van der Waals surface area contributed by atoms with Gasteiger partial charge in [-0.2, -0.15) is 15.8 Å². The van der Waals surface area contributed by atoms with E-state index in [-0.39, 0.29) is 34.9 Å². The molecule has 0 unspecified atom stereocenters. The zero-order valence-electron chi connectivity index (χ0n) is 23.6. The predicted molar refractivity (Wildman–Crippen MR) is 165 cm³/mol. The van der Waals surface area contributed by atoms with E-state index in [4.69, 9.17) is 6.57 Å². The molecule has 11 heteroatoms. The number of aromatic nitrogens is 6. The Morgan fingerprint density at radius 1 is 0.522 bits per heavy atom. The fourth-order valence-electron chi connectivity index (χ4n) is 4.47. The van der Waals surface area contributed by atoms with Gasteiger partial charge < -0.3 is 0 Å². The number of carbonyl (C=O) groups excluding carboxylic acids is 1. The van der Waals surface area contributed by atoms with Gasteiger partial charge in [0.05, 0.1) is 41.5 Å². The second kappa shape index (κ2) is 12.4. The van der Waals surface area contributed by atoms with Crippen molar-refractivity contribution in [1.82, 2.24) is 29.9 Å². The lowest BCUT2D eigenvalue weighted by atomic mass is 10.1. The number of hydrogen-bond donors (Lipinski definition) is 0. The minimum absolute atomic E-state index is 0.119. The van der Waals surface area contributed by atoms with Crippen LogP contribution in [0.25, 0.3) is 50.4 Å². The molecular weight excluding hydrogens is 576 g/mol. The van der Waals surface area contributed by atoms with E-state index in [0.29, 0.717) is 44.6 Å². The van der Waals surface area contributed by atoms with E-state index in [1.54, 1.807) is 97.1 Å². The normalized spacial score (nSPS) is 10.2. The maximum Gasteiger partial charge on any atom is 0.267 e. The van der Waals surface area contributed by atoms with E-state index in [1.807, 2.05) is 0 Å². The summed E-state index contributed by atoms with van der Waals surface area (Å²) in [6.45, 7) is 7.41. The molecule has 0 aliphatic rings. The van der Waals surface area contributed by atoms with Crippen LogP contribution in [0.2, 0.25) is 0 Å². The van der Waals surface area contributed by atoms with E-state index >= 15 is 0 Å². The fourth-order valence-corrected chi connectivity index (χ4v) is 4.47. The topological polar surface area (TPSA) is 170 Å². The summed E-state index contributed by atoms with van der Waals surface area (Å²) >= 11 is 0. The van der Waals surface area contributed by atoms with E-state index in [0.717, 1.165) is 0 Å². The lowest BCUT2D eigenvalue weighted by molar-refractivity contribution is 0.101. The van der Waals surface area contributed by atoms with Gasteiger partial charge in [-0.25, -0.2) is 34.7 Å². The number of rotatable bonds is 6. The van der Waals surface area contributed by atoms with Crippen LogP contribution in [0.5, 0.6) is 0 Å². The molecule has 2 heterocycles. The summed E-state index contributed by atoms with van der Waals surface area (Å²) in [4.78, 5) is 44.6. The molecular formula is C35H16N10O. The Morgan fingerprint density at radius 2 is 0.870 bits per heavy atom. The molecule has 0 spiro atoms. The van der Waals surface area contributed by atoms with E-state index in [9.17, 15) is 20.6 Å². The molecule has 0 saturated heterocycles. The summed E-state index contributed by atoms with van der Waals surface area (Å²) in [7, 11) is 0. The lowest BCUT2D eigenvalue weighted by Gasteiger charge is -2.10. The molecule has 0 saturated carbocycles. The Hall–Kier alpha value is -7.47. The summed E-state index contributed by atoms with van der Waals surface area (Å²) in [5.74, 6) is -0.831. The van der Waals surface area contributed by atoms with Crippen LogP contribution in [0, 0.1) is 40.6 Å². The van der Waals surface area contributed by atoms with Gasteiger partial charge in [0.1, 0.15) is 0 Å². The van der Waals surface area contributed by atoms with E-state index in [1.165, 1.54) is 0 Å². The van der Waals surface area contributed by atoms with Gasteiger partial charge in [-0.05, 0) is 42.5 Å². The maximum absolute atomic E-state index is 14.2. The quantitative estimate of drug-likeness (QED) is 0.162. The summed E-state index contributed by atoms with van der Waals surface area (Å²) in [5.41, 5.74) is 3.33. The van der Waals surface area contributed by atoms with Crippen molar-refractivity contribution in [3.05, 3.63) is 137 Å². The van der Waals surface area contributed by atoms with Crippen molar-refractivity contribution in [3.63, 3.8) is 0 Å². The number of benzene rings is 4. The first-order valence-electron chi connectivity index (χ1n) is 13.5. The zero-order valence-corrected chi connectivity index (χ0v) is 23.6. The molecule has 6 aromatic rings. The van der Waals surface area contributed by atoms with Crippen molar-refractivity contribution in [2.24, 2.45) is 0 Å². The molecule has 212 valence electrons. The van der Waals surface area contributed by atoms with Gasteiger partial charge in [0, 0.05) is 22.3 Å². The molecule has 4 aromatic carbocycles. The molecule has 0 aliphatic carbocycles. The van der Waals surface area contributed by atoms with Crippen LogP contribution in [0.1, 0.15) is 33.1 Å². The van der Waals surface area contributed by atoms with Crippen LogP contribution in [0.3, 0.4) is 0 Å². The lowest BCUT2D eigenvalue weighted by Crippen LogP contribution is -2.15.